The van der Waals surface area contributed by atoms with Gasteiger partial charge in [0.05, 0.1) is 29.6 Å². The highest BCUT2D eigenvalue weighted by molar-refractivity contribution is 6.33. The molecule has 3 rings (SSSR count). The first kappa shape index (κ1) is 19.6. The number of benzene rings is 2. The third-order valence-electron chi connectivity index (χ3n) is 3.98. The molecule has 8 heteroatoms. The van der Waals surface area contributed by atoms with Gasteiger partial charge in [-0.3, -0.25) is 0 Å². The number of nitrogens with one attached hydrogen (secondary N) is 2. The molecule has 0 aliphatic carbocycles. The molecule has 0 saturated heterocycles. The Kier molecular flexibility index (Phi) is 6.75. The number of anilines is 3. The van der Waals surface area contributed by atoms with E-state index in [1.165, 1.54) is 12.7 Å². The normalized spacial score (nSPS) is 10.4. The van der Waals surface area contributed by atoms with Crippen molar-refractivity contribution in [3.05, 3.63) is 70.9 Å². The number of aromatic nitrogens is 3. The third-order valence-corrected chi connectivity index (χ3v) is 4.31. The maximum atomic E-state index is 11.7. The smallest absolute Gasteiger partial charge is 0.337 e. The number of nitrogens with zero attached hydrogens (tertiary/aromatic N) is 3. The lowest BCUT2D eigenvalue weighted by Crippen LogP contribution is -2.08. The average molecular weight is 398 g/mol. The fourth-order valence-corrected chi connectivity index (χ4v) is 2.75. The van der Waals surface area contributed by atoms with Gasteiger partial charge in [-0.05, 0) is 36.6 Å². The second kappa shape index (κ2) is 9.66. The SMILES string of the molecule is COC(=O)c1ccc(Cl)c(Nc2nncc(NCCCc3ccccc3)n2)c1. The maximum absolute atomic E-state index is 11.7. The molecule has 0 aliphatic rings. The molecular weight excluding hydrogens is 378 g/mol. The quantitative estimate of drug-likeness (QED) is 0.437. The number of carbonyl (C=O) groups is 1. The first-order chi connectivity index (χ1) is 13.7. The van der Waals surface area contributed by atoms with E-state index in [4.69, 9.17) is 16.3 Å². The van der Waals surface area contributed by atoms with Crippen LogP contribution in [0.2, 0.25) is 5.02 Å². The molecule has 0 saturated carbocycles. The zero-order chi connectivity index (χ0) is 19.8. The van der Waals surface area contributed by atoms with Crippen LogP contribution in [0.4, 0.5) is 17.5 Å². The van der Waals surface area contributed by atoms with Crippen LogP contribution in [0, 0.1) is 0 Å². The molecule has 2 aromatic carbocycles. The number of halogens is 1. The molecule has 1 aromatic heterocycles. The summed E-state index contributed by atoms with van der Waals surface area (Å²) in [5.74, 6) is 0.426. The fraction of sp³-hybridized carbons (Fsp3) is 0.200. The Bertz CT molecular complexity index is 937. The summed E-state index contributed by atoms with van der Waals surface area (Å²) in [5, 5.41) is 14.6. The van der Waals surface area contributed by atoms with Crippen molar-refractivity contribution in [1.29, 1.82) is 0 Å². The number of aryl methyl sites for hydroxylation is 1. The molecular formula is C20H20ClN5O2. The molecule has 0 amide bonds. The standard InChI is InChI=1S/C20H20ClN5O2/c1-28-19(27)15-9-10-16(21)17(12-15)24-20-25-18(13-23-26-20)22-11-5-8-14-6-3-2-4-7-14/h2-4,6-7,9-10,12-13H,5,8,11H2,1H3,(H2,22,24,25,26). The number of hydrogen-bond donors (Lipinski definition) is 2. The van der Waals surface area contributed by atoms with Gasteiger partial charge in [-0.1, -0.05) is 41.9 Å². The number of esters is 1. The molecule has 3 aromatic rings. The van der Waals surface area contributed by atoms with Crippen LogP contribution >= 0.6 is 11.6 Å². The monoisotopic (exact) mass is 397 g/mol. The fourth-order valence-electron chi connectivity index (χ4n) is 2.58. The molecule has 0 fully saturated rings. The van der Waals surface area contributed by atoms with Gasteiger partial charge in [-0.2, -0.15) is 10.1 Å². The molecule has 7 nitrogen and oxygen atoms in total. The molecule has 0 radical (unpaired) electrons. The summed E-state index contributed by atoms with van der Waals surface area (Å²) >= 11 is 6.19. The minimum atomic E-state index is -0.451. The van der Waals surface area contributed by atoms with E-state index >= 15 is 0 Å². The van der Waals surface area contributed by atoms with Gasteiger partial charge in [0.1, 0.15) is 0 Å². The van der Waals surface area contributed by atoms with Crippen LogP contribution in [-0.2, 0) is 11.2 Å². The highest BCUT2D eigenvalue weighted by atomic mass is 35.5. The largest absolute Gasteiger partial charge is 0.465 e. The first-order valence-corrected chi connectivity index (χ1v) is 9.16. The molecule has 0 spiro atoms. The summed E-state index contributed by atoms with van der Waals surface area (Å²) in [4.78, 5) is 16.1. The van der Waals surface area contributed by atoms with Crippen LogP contribution in [-0.4, -0.2) is 34.8 Å². The van der Waals surface area contributed by atoms with Gasteiger partial charge in [0, 0.05) is 6.54 Å². The number of methoxy groups -OCH3 is 1. The second-order valence-electron chi connectivity index (χ2n) is 5.99. The number of ether oxygens (including phenoxy) is 1. The van der Waals surface area contributed by atoms with Crippen molar-refractivity contribution < 1.29 is 9.53 Å². The van der Waals surface area contributed by atoms with Gasteiger partial charge in [0.15, 0.2) is 5.82 Å². The van der Waals surface area contributed by atoms with Crippen molar-refractivity contribution in [1.82, 2.24) is 15.2 Å². The van der Waals surface area contributed by atoms with Gasteiger partial charge < -0.3 is 15.4 Å². The molecule has 28 heavy (non-hydrogen) atoms. The zero-order valence-electron chi connectivity index (χ0n) is 15.4. The number of carbonyl (C=O) groups excluding carboxylic acids is 1. The first-order valence-electron chi connectivity index (χ1n) is 8.78. The van der Waals surface area contributed by atoms with E-state index in [1.807, 2.05) is 18.2 Å². The Hall–Kier alpha value is -3.19. The highest BCUT2D eigenvalue weighted by Crippen LogP contribution is 2.25. The number of rotatable bonds is 8. The zero-order valence-corrected chi connectivity index (χ0v) is 16.1. The van der Waals surface area contributed by atoms with E-state index < -0.39 is 5.97 Å². The van der Waals surface area contributed by atoms with Crippen molar-refractivity contribution in [2.45, 2.75) is 12.8 Å². The van der Waals surface area contributed by atoms with Gasteiger partial charge >= 0.3 is 5.97 Å². The molecule has 0 bridgehead atoms. The van der Waals surface area contributed by atoms with Crippen molar-refractivity contribution >= 4 is 35.0 Å². The van der Waals surface area contributed by atoms with Gasteiger partial charge in [-0.15, -0.1) is 5.10 Å². The molecule has 144 valence electrons. The summed E-state index contributed by atoms with van der Waals surface area (Å²) in [5.41, 5.74) is 2.16. The summed E-state index contributed by atoms with van der Waals surface area (Å²) in [7, 11) is 1.32. The summed E-state index contributed by atoms with van der Waals surface area (Å²) in [6, 6.07) is 15.1. The Morgan fingerprint density at radius 1 is 1.18 bits per heavy atom. The van der Waals surface area contributed by atoms with Crippen LogP contribution in [0.5, 0.6) is 0 Å². The molecule has 0 aliphatic heterocycles. The average Bonchev–Trinajstić information content (AvgIpc) is 2.73. The van der Waals surface area contributed by atoms with E-state index in [9.17, 15) is 4.79 Å². The topological polar surface area (TPSA) is 89.0 Å². The molecule has 0 unspecified atom stereocenters. The van der Waals surface area contributed by atoms with Crippen molar-refractivity contribution in [3.63, 3.8) is 0 Å². The van der Waals surface area contributed by atoms with Gasteiger partial charge in [0.25, 0.3) is 0 Å². The predicted molar refractivity (Wildman–Crippen MR) is 109 cm³/mol. The minimum absolute atomic E-state index is 0.275. The van der Waals surface area contributed by atoms with Crippen molar-refractivity contribution in [2.75, 3.05) is 24.3 Å². The molecule has 1 heterocycles. The Labute approximate surface area is 168 Å². The van der Waals surface area contributed by atoms with E-state index in [2.05, 4.69) is 37.9 Å². The van der Waals surface area contributed by atoms with Crippen LogP contribution in [0.25, 0.3) is 0 Å². The van der Waals surface area contributed by atoms with E-state index in [0.717, 1.165) is 19.4 Å². The van der Waals surface area contributed by atoms with Gasteiger partial charge in [-0.25, -0.2) is 4.79 Å². The Morgan fingerprint density at radius 2 is 2.00 bits per heavy atom. The highest BCUT2D eigenvalue weighted by Gasteiger charge is 2.10. The maximum Gasteiger partial charge on any atom is 0.337 e. The molecule has 0 atom stereocenters. The Morgan fingerprint density at radius 3 is 2.79 bits per heavy atom. The number of hydrogen-bond acceptors (Lipinski definition) is 7. The van der Waals surface area contributed by atoms with E-state index in [0.29, 0.717) is 22.1 Å². The van der Waals surface area contributed by atoms with Crippen LogP contribution in [0.15, 0.2) is 54.7 Å². The summed E-state index contributed by atoms with van der Waals surface area (Å²) in [6.45, 7) is 0.756. The summed E-state index contributed by atoms with van der Waals surface area (Å²) in [6.07, 6.45) is 3.50. The third kappa shape index (κ3) is 5.40. The van der Waals surface area contributed by atoms with E-state index in [1.54, 1.807) is 24.4 Å². The lowest BCUT2D eigenvalue weighted by molar-refractivity contribution is 0.0601. The van der Waals surface area contributed by atoms with Crippen LogP contribution in [0.1, 0.15) is 22.3 Å². The second-order valence-corrected chi connectivity index (χ2v) is 6.40. The van der Waals surface area contributed by atoms with Gasteiger partial charge in [0.2, 0.25) is 5.95 Å². The lowest BCUT2D eigenvalue weighted by atomic mass is 10.1. The van der Waals surface area contributed by atoms with E-state index in [-0.39, 0.29) is 5.95 Å². The minimum Gasteiger partial charge on any atom is -0.465 e. The predicted octanol–water partition coefficient (Wildman–Crippen LogP) is 4.10. The summed E-state index contributed by atoms with van der Waals surface area (Å²) < 4.78 is 4.72. The van der Waals surface area contributed by atoms with Crippen LogP contribution < -0.4 is 10.6 Å². The van der Waals surface area contributed by atoms with Crippen molar-refractivity contribution in [3.8, 4) is 0 Å². The van der Waals surface area contributed by atoms with Crippen LogP contribution in [0.3, 0.4) is 0 Å². The molecule has 2 N–H and O–H groups in total. The Balaban J connectivity index is 1.59. The lowest BCUT2D eigenvalue weighted by Gasteiger charge is -2.10. The van der Waals surface area contributed by atoms with Crippen molar-refractivity contribution in [2.24, 2.45) is 0 Å².